The van der Waals surface area contributed by atoms with Gasteiger partial charge < -0.3 is 4.74 Å². The highest BCUT2D eigenvalue weighted by Crippen LogP contribution is 2.34. The lowest BCUT2D eigenvalue weighted by Crippen LogP contribution is -2.05. The van der Waals surface area contributed by atoms with Crippen LogP contribution in [0.3, 0.4) is 0 Å². The standard InChI is InChI=1S/C16H13ClO2/c1-10-4-2-3-5-13(10)15(18)14-9-12(17)8-11-6-7-19-16(11)14/h2-5,8-9H,6-7H2,1H3. The first kappa shape index (κ1) is 12.2. The summed E-state index contributed by atoms with van der Waals surface area (Å²) in [5, 5.41) is 0.584. The van der Waals surface area contributed by atoms with E-state index < -0.39 is 0 Å². The number of aryl methyl sites for hydroxylation is 1. The van der Waals surface area contributed by atoms with Crippen molar-refractivity contribution in [3.63, 3.8) is 0 Å². The molecule has 0 unspecified atom stereocenters. The summed E-state index contributed by atoms with van der Waals surface area (Å²) in [7, 11) is 0. The topological polar surface area (TPSA) is 26.3 Å². The zero-order valence-electron chi connectivity index (χ0n) is 10.6. The first-order chi connectivity index (χ1) is 9.16. The molecule has 2 nitrogen and oxygen atoms in total. The minimum absolute atomic E-state index is 0.0289. The molecule has 1 heterocycles. The van der Waals surface area contributed by atoms with Gasteiger partial charge in [0.25, 0.3) is 0 Å². The smallest absolute Gasteiger partial charge is 0.197 e. The zero-order valence-corrected chi connectivity index (χ0v) is 11.3. The lowest BCUT2D eigenvalue weighted by atomic mass is 9.97. The summed E-state index contributed by atoms with van der Waals surface area (Å²) in [5.74, 6) is 0.663. The summed E-state index contributed by atoms with van der Waals surface area (Å²) < 4.78 is 5.59. The van der Waals surface area contributed by atoms with E-state index in [1.54, 1.807) is 6.07 Å². The fourth-order valence-corrected chi connectivity index (χ4v) is 2.65. The van der Waals surface area contributed by atoms with Crippen molar-refractivity contribution in [2.24, 2.45) is 0 Å². The zero-order chi connectivity index (χ0) is 13.4. The highest BCUT2D eigenvalue weighted by atomic mass is 35.5. The molecular formula is C16H13ClO2. The number of hydrogen-bond donors (Lipinski definition) is 0. The molecule has 3 rings (SSSR count). The SMILES string of the molecule is Cc1ccccc1C(=O)c1cc(Cl)cc2c1OCC2. The van der Waals surface area contributed by atoms with Gasteiger partial charge in [0, 0.05) is 17.0 Å². The van der Waals surface area contributed by atoms with Crippen molar-refractivity contribution in [2.45, 2.75) is 13.3 Å². The number of rotatable bonds is 2. The maximum atomic E-state index is 12.6. The van der Waals surface area contributed by atoms with Gasteiger partial charge in [-0.1, -0.05) is 35.9 Å². The van der Waals surface area contributed by atoms with Gasteiger partial charge in [0.2, 0.25) is 0 Å². The van der Waals surface area contributed by atoms with Crippen molar-refractivity contribution in [3.8, 4) is 5.75 Å². The van der Waals surface area contributed by atoms with Crippen molar-refractivity contribution >= 4 is 17.4 Å². The lowest BCUT2D eigenvalue weighted by Gasteiger charge is -2.09. The molecule has 0 aromatic heterocycles. The Morgan fingerprint density at radius 2 is 2.00 bits per heavy atom. The van der Waals surface area contributed by atoms with E-state index in [1.165, 1.54) is 0 Å². The minimum Gasteiger partial charge on any atom is -0.492 e. The van der Waals surface area contributed by atoms with E-state index in [2.05, 4.69) is 0 Å². The molecular weight excluding hydrogens is 260 g/mol. The maximum absolute atomic E-state index is 12.6. The van der Waals surface area contributed by atoms with E-state index in [4.69, 9.17) is 16.3 Å². The number of fused-ring (bicyclic) bond motifs is 1. The van der Waals surface area contributed by atoms with Crippen LogP contribution in [0.25, 0.3) is 0 Å². The Labute approximate surface area is 117 Å². The first-order valence-corrected chi connectivity index (χ1v) is 6.60. The minimum atomic E-state index is -0.0289. The van der Waals surface area contributed by atoms with Gasteiger partial charge in [-0.15, -0.1) is 0 Å². The maximum Gasteiger partial charge on any atom is 0.197 e. The Morgan fingerprint density at radius 3 is 2.79 bits per heavy atom. The van der Waals surface area contributed by atoms with Gasteiger partial charge in [-0.05, 0) is 30.2 Å². The quantitative estimate of drug-likeness (QED) is 0.777. The van der Waals surface area contributed by atoms with Gasteiger partial charge >= 0.3 is 0 Å². The molecule has 3 heteroatoms. The van der Waals surface area contributed by atoms with Crippen LogP contribution >= 0.6 is 11.6 Å². The van der Waals surface area contributed by atoms with E-state index >= 15 is 0 Å². The summed E-state index contributed by atoms with van der Waals surface area (Å²) in [5.41, 5.74) is 3.24. The molecule has 0 amide bonds. The first-order valence-electron chi connectivity index (χ1n) is 6.22. The Hall–Kier alpha value is -1.80. The highest BCUT2D eigenvalue weighted by molar-refractivity contribution is 6.31. The van der Waals surface area contributed by atoms with Gasteiger partial charge in [-0.3, -0.25) is 4.79 Å². The number of hydrogen-bond acceptors (Lipinski definition) is 2. The number of halogens is 1. The fourth-order valence-electron chi connectivity index (χ4n) is 2.41. The molecule has 0 atom stereocenters. The second kappa shape index (κ2) is 4.71. The lowest BCUT2D eigenvalue weighted by molar-refractivity contribution is 0.103. The van der Waals surface area contributed by atoms with Crippen LogP contribution < -0.4 is 4.74 Å². The molecule has 0 spiro atoms. The fraction of sp³-hybridized carbons (Fsp3) is 0.188. The largest absolute Gasteiger partial charge is 0.492 e. The van der Waals surface area contributed by atoms with Crippen LogP contribution in [0.2, 0.25) is 5.02 Å². The average Bonchev–Trinajstić information content (AvgIpc) is 2.85. The summed E-state index contributed by atoms with van der Waals surface area (Å²) in [4.78, 5) is 12.6. The molecule has 1 aliphatic heterocycles. The normalized spacial score (nSPS) is 12.9. The van der Waals surface area contributed by atoms with Crippen LogP contribution in [-0.4, -0.2) is 12.4 Å². The van der Waals surface area contributed by atoms with E-state index in [0.717, 1.165) is 17.5 Å². The third kappa shape index (κ3) is 2.13. The Kier molecular flexibility index (Phi) is 3.03. The third-order valence-electron chi connectivity index (χ3n) is 3.38. The molecule has 0 saturated heterocycles. The molecule has 1 aliphatic rings. The summed E-state index contributed by atoms with van der Waals surface area (Å²) >= 11 is 6.09. The molecule has 0 fully saturated rings. The summed E-state index contributed by atoms with van der Waals surface area (Å²) in [6.07, 6.45) is 0.809. The Balaban J connectivity index is 2.13. The number of ketones is 1. The summed E-state index contributed by atoms with van der Waals surface area (Å²) in [6, 6.07) is 11.1. The van der Waals surface area contributed by atoms with Crippen LogP contribution in [0.4, 0.5) is 0 Å². The van der Waals surface area contributed by atoms with Gasteiger partial charge in [-0.2, -0.15) is 0 Å². The number of carbonyl (C=O) groups excluding carboxylic acids is 1. The second-order valence-electron chi connectivity index (χ2n) is 4.68. The van der Waals surface area contributed by atoms with Crippen molar-refractivity contribution in [3.05, 3.63) is 63.7 Å². The second-order valence-corrected chi connectivity index (χ2v) is 5.12. The summed E-state index contributed by atoms with van der Waals surface area (Å²) in [6.45, 7) is 2.54. The van der Waals surface area contributed by atoms with E-state index in [1.807, 2.05) is 37.3 Å². The van der Waals surface area contributed by atoms with E-state index in [9.17, 15) is 4.79 Å². The van der Waals surface area contributed by atoms with Crippen LogP contribution in [0.15, 0.2) is 36.4 Å². The molecule has 0 N–H and O–H groups in total. The molecule has 19 heavy (non-hydrogen) atoms. The third-order valence-corrected chi connectivity index (χ3v) is 3.60. The van der Waals surface area contributed by atoms with Crippen LogP contribution in [-0.2, 0) is 6.42 Å². The molecule has 0 aliphatic carbocycles. The predicted molar refractivity (Wildman–Crippen MR) is 75.3 cm³/mol. The van der Waals surface area contributed by atoms with Crippen molar-refractivity contribution < 1.29 is 9.53 Å². The van der Waals surface area contributed by atoms with Gasteiger partial charge in [0.05, 0.1) is 12.2 Å². The average molecular weight is 273 g/mol. The predicted octanol–water partition coefficient (Wildman–Crippen LogP) is 3.81. The monoisotopic (exact) mass is 272 g/mol. The van der Waals surface area contributed by atoms with Crippen LogP contribution in [0.1, 0.15) is 27.0 Å². The number of benzene rings is 2. The van der Waals surface area contributed by atoms with Crippen LogP contribution in [0.5, 0.6) is 5.75 Å². The molecule has 2 aromatic rings. The van der Waals surface area contributed by atoms with Crippen LogP contribution in [0, 0.1) is 6.92 Å². The highest BCUT2D eigenvalue weighted by Gasteiger charge is 2.23. The van der Waals surface area contributed by atoms with E-state index in [0.29, 0.717) is 28.5 Å². The number of carbonyl (C=O) groups is 1. The molecule has 96 valence electrons. The van der Waals surface area contributed by atoms with Gasteiger partial charge in [-0.25, -0.2) is 0 Å². The van der Waals surface area contributed by atoms with E-state index in [-0.39, 0.29) is 5.78 Å². The number of ether oxygens (including phenoxy) is 1. The Morgan fingerprint density at radius 1 is 1.21 bits per heavy atom. The van der Waals surface area contributed by atoms with Gasteiger partial charge in [0.15, 0.2) is 5.78 Å². The van der Waals surface area contributed by atoms with Crippen molar-refractivity contribution in [1.82, 2.24) is 0 Å². The van der Waals surface area contributed by atoms with Crippen molar-refractivity contribution in [2.75, 3.05) is 6.61 Å². The molecule has 2 aromatic carbocycles. The molecule has 0 bridgehead atoms. The Bertz CT molecular complexity index is 662. The molecule has 0 saturated carbocycles. The van der Waals surface area contributed by atoms with Gasteiger partial charge in [0.1, 0.15) is 5.75 Å². The van der Waals surface area contributed by atoms with Crippen molar-refractivity contribution in [1.29, 1.82) is 0 Å². The molecule has 0 radical (unpaired) electrons.